The number of alkyl halides is 2. The first-order valence-corrected chi connectivity index (χ1v) is 7.29. The largest absolute Gasteiger partial charge is 0.381 e. The van der Waals surface area contributed by atoms with E-state index in [-0.39, 0.29) is 18.8 Å². The molecule has 0 radical (unpaired) electrons. The van der Waals surface area contributed by atoms with Crippen molar-refractivity contribution in [2.45, 2.75) is 57.4 Å². The Morgan fingerprint density at radius 3 is 2.78 bits per heavy atom. The average Bonchev–Trinajstić information content (AvgIpc) is 2.94. The standard InChI is InChI=1S/C14H25F2NO/c1-2-6-17-13(12-4-7-18-10-12)8-11-3-5-14(15,16)9-11/h11-13,17H,2-10H2,1H3. The van der Waals surface area contributed by atoms with Crippen LogP contribution in [0.2, 0.25) is 0 Å². The van der Waals surface area contributed by atoms with E-state index in [1.165, 1.54) is 0 Å². The summed E-state index contributed by atoms with van der Waals surface area (Å²) < 4.78 is 31.9. The number of nitrogens with one attached hydrogen (secondary N) is 1. The van der Waals surface area contributed by atoms with Crippen molar-refractivity contribution in [1.82, 2.24) is 5.32 Å². The number of halogens is 2. The van der Waals surface area contributed by atoms with Crippen molar-refractivity contribution in [2.24, 2.45) is 11.8 Å². The summed E-state index contributed by atoms with van der Waals surface area (Å²) in [6.45, 7) is 4.74. The first-order valence-electron chi connectivity index (χ1n) is 7.29. The van der Waals surface area contributed by atoms with Gasteiger partial charge in [-0.1, -0.05) is 6.92 Å². The highest BCUT2D eigenvalue weighted by molar-refractivity contribution is 4.87. The molecule has 1 saturated carbocycles. The predicted octanol–water partition coefficient (Wildman–Crippen LogP) is 3.22. The molecule has 0 amide bonds. The maximum absolute atomic E-state index is 13.2. The molecule has 2 fully saturated rings. The van der Waals surface area contributed by atoms with E-state index in [9.17, 15) is 8.78 Å². The molecule has 3 atom stereocenters. The van der Waals surface area contributed by atoms with Crippen LogP contribution in [0.1, 0.15) is 45.4 Å². The molecule has 0 aromatic rings. The summed E-state index contributed by atoms with van der Waals surface area (Å²) in [5.74, 6) is -1.70. The van der Waals surface area contributed by atoms with Crippen molar-refractivity contribution in [3.63, 3.8) is 0 Å². The van der Waals surface area contributed by atoms with Crippen LogP contribution in [0.5, 0.6) is 0 Å². The van der Waals surface area contributed by atoms with Crippen LogP contribution in [0.4, 0.5) is 8.78 Å². The second-order valence-electron chi connectivity index (χ2n) is 5.88. The molecule has 4 heteroatoms. The van der Waals surface area contributed by atoms with Crippen LogP contribution < -0.4 is 5.32 Å². The number of hydrogen-bond donors (Lipinski definition) is 1. The van der Waals surface area contributed by atoms with Crippen molar-refractivity contribution in [3.8, 4) is 0 Å². The Labute approximate surface area is 108 Å². The minimum atomic E-state index is -2.41. The Bertz CT molecular complexity index is 254. The molecule has 1 saturated heterocycles. The van der Waals surface area contributed by atoms with Gasteiger partial charge < -0.3 is 10.1 Å². The maximum Gasteiger partial charge on any atom is 0.248 e. The molecule has 2 nitrogen and oxygen atoms in total. The molecule has 106 valence electrons. The van der Waals surface area contributed by atoms with Gasteiger partial charge in [-0.3, -0.25) is 0 Å². The first kappa shape index (κ1) is 14.2. The lowest BCUT2D eigenvalue weighted by molar-refractivity contribution is 0.00399. The van der Waals surface area contributed by atoms with Gasteiger partial charge in [-0.2, -0.15) is 0 Å². The summed E-state index contributed by atoms with van der Waals surface area (Å²) in [7, 11) is 0. The van der Waals surface area contributed by atoms with Gasteiger partial charge in [0.1, 0.15) is 0 Å². The molecule has 0 bridgehead atoms. The fourth-order valence-corrected chi connectivity index (χ4v) is 3.24. The molecular formula is C14H25F2NO. The van der Waals surface area contributed by atoms with E-state index in [0.717, 1.165) is 39.0 Å². The summed E-state index contributed by atoms with van der Waals surface area (Å²) in [5, 5.41) is 3.54. The van der Waals surface area contributed by atoms with Crippen LogP contribution in [-0.4, -0.2) is 31.7 Å². The van der Waals surface area contributed by atoms with E-state index < -0.39 is 5.92 Å². The minimum Gasteiger partial charge on any atom is -0.381 e. The second kappa shape index (κ2) is 6.29. The molecule has 18 heavy (non-hydrogen) atoms. The lowest BCUT2D eigenvalue weighted by atomic mass is 9.89. The predicted molar refractivity (Wildman–Crippen MR) is 67.9 cm³/mol. The van der Waals surface area contributed by atoms with Gasteiger partial charge in [0.2, 0.25) is 5.92 Å². The van der Waals surface area contributed by atoms with Crippen LogP contribution in [0, 0.1) is 11.8 Å². The third kappa shape index (κ3) is 3.89. The van der Waals surface area contributed by atoms with Crippen molar-refractivity contribution in [1.29, 1.82) is 0 Å². The van der Waals surface area contributed by atoms with Crippen LogP contribution in [0.15, 0.2) is 0 Å². The number of ether oxygens (including phenoxy) is 1. The van der Waals surface area contributed by atoms with Gasteiger partial charge in [-0.05, 0) is 44.1 Å². The lowest BCUT2D eigenvalue weighted by Crippen LogP contribution is -2.38. The van der Waals surface area contributed by atoms with Gasteiger partial charge >= 0.3 is 0 Å². The zero-order valence-electron chi connectivity index (χ0n) is 11.3. The SMILES string of the molecule is CCCNC(CC1CCC(F)(F)C1)C1CCOC1. The highest BCUT2D eigenvalue weighted by Gasteiger charge is 2.40. The summed E-state index contributed by atoms with van der Waals surface area (Å²) in [6.07, 6.45) is 3.91. The van der Waals surface area contributed by atoms with Gasteiger partial charge in [-0.15, -0.1) is 0 Å². The normalized spacial score (nSPS) is 32.8. The van der Waals surface area contributed by atoms with Gasteiger partial charge in [0.15, 0.2) is 0 Å². The van der Waals surface area contributed by atoms with Crippen LogP contribution in [-0.2, 0) is 4.74 Å². The van der Waals surface area contributed by atoms with Crippen LogP contribution >= 0.6 is 0 Å². The number of rotatable bonds is 6. The topological polar surface area (TPSA) is 21.3 Å². The Balaban J connectivity index is 1.84. The molecule has 3 unspecified atom stereocenters. The van der Waals surface area contributed by atoms with Crippen LogP contribution in [0.25, 0.3) is 0 Å². The zero-order chi connectivity index (χ0) is 13.0. The smallest absolute Gasteiger partial charge is 0.248 e. The molecule has 1 heterocycles. The van der Waals surface area contributed by atoms with Crippen molar-refractivity contribution >= 4 is 0 Å². The fraction of sp³-hybridized carbons (Fsp3) is 1.00. The summed E-state index contributed by atoms with van der Waals surface area (Å²) in [5.41, 5.74) is 0. The fourth-order valence-electron chi connectivity index (χ4n) is 3.24. The third-order valence-corrected chi connectivity index (χ3v) is 4.28. The molecular weight excluding hydrogens is 236 g/mol. The van der Waals surface area contributed by atoms with E-state index in [4.69, 9.17) is 4.74 Å². The maximum atomic E-state index is 13.2. The Morgan fingerprint density at radius 2 is 2.22 bits per heavy atom. The van der Waals surface area contributed by atoms with E-state index in [1.54, 1.807) is 0 Å². The molecule has 1 aliphatic carbocycles. The molecule has 2 aliphatic rings. The summed E-state index contributed by atoms with van der Waals surface area (Å²) in [6, 6.07) is 0.367. The Hall–Kier alpha value is -0.220. The minimum absolute atomic E-state index is 0.0827. The molecule has 1 aliphatic heterocycles. The average molecular weight is 261 g/mol. The van der Waals surface area contributed by atoms with Gasteiger partial charge in [-0.25, -0.2) is 8.78 Å². The zero-order valence-corrected chi connectivity index (χ0v) is 11.3. The van der Waals surface area contributed by atoms with Gasteiger partial charge in [0.05, 0.1) is 6.61 Å². The highest BCUT2D eigenvalue weighted by atomic mass is 19.3. The quantitative estimate of drug-likeness (QED) is 0.792. The molecule has 0 aromatic carbocycles. The van der Waals surface area contributed by atoms with E-state index in [1.807, 2.05) is 0 Å². The van der Waals surface area contributed by atoms with Gasteiger partial charge in [0.25, 0.3) is 0 Å². The van der Waals surface area contributed by atoms with Gasteiger partial charge in [0, 0.05) is 25.5 Å². The lowest BCUT2D eigenvalue weighted by Gasteiger charge is -2.26. The Kier molecular flexibility index (Phi) is 4.96. The van der Waals surface area contributed by atoms with Crippen LogP contribution in [0.3, 0.4) is 0 Å². The first-order chi connectivity index (χ1) is 8.61. The van der Waals surface area contributed by atoms with Crippen molar-refractivity contribution in [2.75, 3.05) is 19.8 Å². The molecule has 2 rings (SSSR count). The monoisotopic (exact) mass is 261 g/mol. The summed E-state index contributed by atoms with van der Waals surface area (Å²) in [4.78, 5) is 0. The Morgan fingerprint density at radius 1 is 1.39 bits per heavy atom. The molecule has 1 N–H and O–H groups in total. The molecule has 0 aromatic heterocycles. The van der Waals surface area contributed by atoms with E-state index in [2.05, 4.69) is 12.2 Å². The highest BCUT2D eigenvalue weighted by Crippen LogP contribution is 2.41. The van der Waals surface area contributed by atoms with Crippen molar-refractivity contribution in [3.05, 3.63) is 0 Å². The second-order valence-corrected chi connectivity index (χ2v) is 5.88. The van der Waals surface area contributed by atoms with E-state index in [0.29, 0.717) is 18.4 Å². The van der Waals surface area contributed by atoms with Crippen molar-refractivity contribution < 1.29 is 13.5 Å². The third-order valence-electron chi connectivity index (χ3n) is 4.28. The molecule has 0 spiro atoms. The number of hydrogen-bond acceptors (Lipinski definition) is 2. The van der Waals surface area contributed by atoms with E-state index >= 15 is 0 Å². The summed E-state index contributed by atoms with van der Waals surface area (Å²) >= 11 is 0.